The molecule has 1 heterocycles. The smallest absolute Gasteiger partial charge is 0.387 e. The van der Waals surface area contributed by atoms with Crippen LogP contribution in [0.15, 0.2) is 72.9 Å². The molecule has 0 fully saturated rings. The van der Waals surface area contributed by atoms with Crippen LogP contribution < -0.4 is 10.1 Å². The van der Waals surface area contributed by atoms with E-state index in [9.17, 15) is 13.6 Å². The number of rotatable bonds is 6. The zero-order valence-electron chi connectivity index (χ0n) is 14.6. The Labute approximate surface area is 155 Å². The minimum absolute atomic E-state index is 0.0645. The second-order valence-electron chi connectivity index (χ2n) is 5.95. The number of pyridine rings is 1. The average molecular weight is 368 g/mol. The summed E-state index contributed by atoms with van der Waals surface area (Å²) in [4.78, 5) is 16.8. The van der Waals surface area contributed by atoms with Crippen LogP contribution in [0.4, 0.5) is 8.78 Å². The molecular formula is C21H18F2N2O2. The van der Waals surface area contributed by atoms with Gasteiger partial charge in [0.2, 0.25) is 0 Å². The van der Waals surface area contributed by atoms with E-state index < -0.39 is 12.7 Å². The van der Waals surface area contributed by atoms with Crippen LogP contribution in [-0.2, 0) is 0 Å². The van der Waals surface area contributed by atoms with Crippen molar-refractivity contribution < 1.29 is 18.3 Å². The molecule has 2 aromatic carbocycles. The van der Waals surface area contributed by atoms with Crippen molar-refractivity contribution in [3.63, 3.8) is 0 Å². The normalized spacial score (nSPS) is 11.9. The second kappa shape index (κ2) is 8.40. The number of halogens is 2. The summed E-state index contributed by atoms with van der Waals surface area (Å²) in [6.45, 7) is -1.04. The van der Waals surface area contributed by atoms with E-state index in [0.29, 0.717) is 5.56 Å². The first-order valence-corrected chi connectivity index (χ1v) is 8.36. The fraction of sp³-hybridized carbons (Fsp3) is 0.143. The highest BCUT2D eigenvalue weighted by molar-refractivity contribution is 5.94. The third kappa shape index (κ3) is 4.88. The van der Waals surface area contributed by atoms with Crippen LogP contribution in [0.5, 0.6) is 5.75 Å². The summed E-state index contributed by atoms with van der Waals surface area (Å²) >= 11 is 0. The first-order valence-electron chi connectivity index (χ1n) is 8.36. The summed E-state index contributed by atoms with van der Waals surface area (Å²) in [6, 6.07) is 18.7. The van der Waals surface area contributed by atoms with E-state index in [2.05, 4.69) is 15.0 Å². The van der Waals surface area contributed by atoms with Crippen molar-refractivity contribution in [2.24, 2.45) is 0 Å². The summed E-state index contributed by atoms with van der Waals surface area (Å²) in [7, 11) is 0. The molecule has 27 heavy (non-hydrogen) atoms. The molecule has 1 aromatic heterocycles. The van der Waals surface area contributed by atoms with Gasteiger partial charge in [0.1, 0.15) is 5.75 Å². The number of hydrogen-bond donors (Lipinski definition) is 1. The Balaban J connectivity index is 1.87. The van der Waals surface area contributed by atoms with Gasteiger partial charge in [0, 0.05) is 11.9 Å². The number of ether oxygens (including phenoxy) is 1. The van der Waals surface area contributed by atoms with Crippen molar-refractivity contribution in [3.05, 3.63) is 95.3 Å². The maximum Gasteiger partial charge on any atom is 0.387 e. The quantitative estimate of drug-likeness (QED) is 0.696. The van der Waals surface area contributed by atoms with Gasteiger partial charge >= 0.3 is 6.61 Å². The van der Waals surface area contributed by atoms with Crippen LogP contribution in [0.1, 0.15) is 33.2 Å². The van der Waals surface area contributed by atoms with Crippen LogP contribution in [0.25, 0.3) is 0 Å². The molecule has 4 nitrogen and oxygen atoms in total. The predicted molar refractivity (Wildman–Crippen MR) is 97.8 cm³/mol. The Kier molecular flexibility index (Phi) is 5.76. The second-order valence-corrected chi connectivity index (χ2v) is 5.95. The average Bonchev–Trinajstić information content (AvgIpc) is 2.67. The molecule has 3 aromatic rings. The third-order valence-electron chi connectivity index (χ3n) is 4.02. The molecule has 0 aliphatic heterocycles. The number of nitrogens with one attached hydrogen (secondary N) is 1. The lowest BCUT2D eigenvalue weighted by Crippen LogP contribution is -2.29. The number of carbonyl (C=O) groups is 1. The molecule has 0 saturated carbocycles. The van der Waals surface area contributed by atoms with Crippen LogP contribution >= 0.6 is 0 Å². The van der Waals surface area contributed by atoms with Crippen molar-refractivity contribution in [2.45, 2.75) is 19.6 Å². The van der Waals surface area contributed by atoms with E-state index in [1.54, 1.807) is 24.3 Å². The van der Waals surface area contributed by atoms with Crippen molar-refractivity contribution in [2.75, 3.05) is 0 Å². The fourth-order valence-corrected chi connectivity index (χ4v) is 2.66. The van der Waals surface area contributed by atoms with Crippen molar-refractivity contribution in [1.29, 1.82) is 0 Å². The number of nitrogens with zero attached hydrogens (tertiary/aromatic N) is 1. The van der Waals surface area contributed by atoms with Gasteiger partial charge in [0.25, 0.3) is 5.91 Å². The van der Waals surface area contributed by atoms with Crippen molar-refractivity contribution in [1.82, 2.24) is 10.3 Å². The Morgan fingerprint density at radius 1 is 0.963 bits per heavy atom. The highest BCUT2D eigenvalue weighted by Gasteiger charge is 2.18. The van der Waals surface area contributed by atoms with Crippen molar-refractivity contribution >= 4 is 5.91 Å². The SMILES string of the molecule is Cc1ccc(C(=O)NC(c2ccccc2)c2ccc(OC(F)F)cc2)cn1. The maximum absolute atomic E-state index is 12.7. The van der Waals surface area contributed by atoms with Crippen LogP contribution in [0, 0.1) is 6.92 Å². The Morgan fingerprint density at radius 3 is 2.22 bits per heavy atom. The van der Waals surface area contributed by atoms with E-state index in [1.807, 2.05) is 37.3 Å². The number of benzene rings is 2. The number of alkyl halides is 2. The topological polar surface area (TPSA) is 51.2 Å². The molecular weight excluding hydrogens is 350 g/mol. The minimum Gasteiger partial charge on any atom is -0.435 e. The Morgan fingerprint density at radius 2 is 1.63 bits per heavy atom. The molecule has 1 unspecified atom stereocenters. The summed E-state index contributed by atoms with van der Waals surface area (Å²) in [6.07, 6.45) is 1.52. The van der Waals surface area contributed by atoms with Gasteiger partial charge in [-0.2, -0.15) is 8.78 Å². The van der Waals surface area contributed by atoms with Gasteiger partial charge in [-0.25, -0.2) is 0 Å². The highest BCUT2D eigenvalue weighted by Crippen LogP contribution is 2.25. The van der Waals surface area contributed by atoms with Gasteiger partial charge in [-0.1, -0.05) is 42.5 Å². The molecule has 3 rings (SSSR count). The van der Waals surface area contributed by atoms with Crippen molar-refractivity contribution in [3.8, 4) is 5.75 Å². The van der Waals surface area contributed by atoms with E-state index >= 15 is 0 Å². The molecule has 0 aliphatic rings. The standard InChI is InChI=1S/C21H18F2N2O2/c1-14-7-8-17(13-24-14)20(26)25-19(15-5-3-2-4-6-15)16-9-11-18(12-10-16)27-21(22)23/h2-13,19,21H,1H3,(H,25,26). The molecule has 1 amide bonds. The van der Waals surface area contributed by atoms with Gasteiger partial charge in [-0.3, -0.25) is 9.78 Å². The molecule has 1 N–H and O–H groups in total. The molecule has 0 saturated heterocycles. The summed E-state index contributed by atoms with van der Waals surface area (Å²) in [5.41, 5.74) is 2.88. The zero-order chi connectivity index (χ0) is 19.2. The number of hydrogen-bond acceptors (Lipinski definition) is 3. The van der Waals surface area contributed by atoms with Gasteiger partial charge in [0.15, 0.2) is 0 Å². The third-order valence-corrected chi connectivity index (χ3v) is 4.02. The molecule has 6 heteroatoms. The Hall–Kier alpha value is -3.28. The van der Waals surface area contributed by atoms with Gasteiger partial charge in [-0.05, 0) is 42.3 Å². The fourth-order valence-electron chi connectivity index (χ4n) is 2.66. The van der Waals surface area contributed by atoms with Crippen LogP contribution in [0.3, 0.4) is 0 Å². The largest absolute Gasteiger partial charge is 0.435 e. The van der Waals surface area contributed by atoms with E-state index in [1.165, 1.54) is 18.3 Å². The Bertz CT molecular complexity index is 882. The molecule has 1 atom stereocenters. The summed E-state index contributed by atoms with van der Waals surface area (Å²) in [5, 5.41) is 2.98. The number of aryl methyl sites for hydroxylation is 1. The monoisotopic (exact) mass is 368 g/mol. The lowest BCUT2D eigenvalue weighted by Gasteiger charge is -2.20. The van der Waals surface area contributed by atoms with Crippen LogP contribution in [-0.4, -0.2) is 17.5 Å². The first kappa shape index (κ1) is 18.5. The van der Waals surface area contributed by atoms with E-state index in [-0.39, 0.29) is 11.7 Å². The first-order chi connectivity index (χ1) is 13.0. The lowest BCUT2D eigenvalue weighted by molar-refractivity contribution is -0.0498. The van der Waals surface area contributed by atoms with E-state index in [0.717, 1.165) is 16.8 Å². The van der Waals surface area contributed by atoms with Gasteiger partial charge in [-0.15, -0.1) is 0 Å². The lowest BCUT2D eigenvalue weighted by atomic mass is 9.98. The number of carbonyl (C=O) groups excluding carboxylic acids is 1. The van der Waals surface area contributed by atoms with Crippen LogP contribution in [0.2, 0.25) is 0 Å². The summed E-state index contributed by atoms with van der Waals surface area (Å²) in [5.74, 6) is -0.209. The predicted octanol–water partition coefficient (Wildman–Crippen LogP) is 4.51. The zero-order valence-corrected chi connectivity index (χ0v) is 14.6. The van der Waals surface area contributed by atoms with E-state index in [4.69, 9.17) is 0 Å². The maximum atomic E-state index is 12.7. The molecule has 0 spiro atoms. The molecule has 0 bridgehead atoms. The highest BCUT2D eigenvalue weighted by atomic mass is 19.3. The van der Waals surface area contributed by atoms with Gasteiger partial charge < -0.3 is 10.1 Å². The summed E-state index contributed by atoms with van der Waals surface area (Å²) < 4.78 is 29.1. The minimum atomic E-state index is -2.88. The van der Waals surface area contributed by atoms with Gasteiger partial charge in [0.05, 0.1) is 11.6 Å². The molecule has 0 aliphatic carbocycles. The number of amides is 1. The molecule has 138 valence electrons. The number of aromatic nitrogens is 1. The molecule has 0 radical (unpaired) electrons.